The van der Waals surface area contributed by atoms with E-state index < -0.39 is 5.54 Å². The number of hydrogen-bond acceptors (Lipinski definition) is 4. The molecular weight excluding hydrogens is 228 g/mol. The third-order valence-electron chi connectivity index (χ3n) is 3.52. The standard InChI is InChI=1S/C14H18N2O2/c1-16-14(10-15)8-7-11(9-14)18-13-6-4-3-5-12(13)17-2/h3-6,11,16H,7-9H2,1-2H3. The van der Waals surface area contributed by atoms with Gasteiger partial charge in [0.15, 0.2) is 11.5 Å². The molecule has 0 aliphatic heterocycles. The molecule has 0 spiro atoms. The van der Waals surface area contributed by atoms with Crippen molar-refractivity contribution in [1.29, 1.82) is 5.26 Å². The number of nitrogens with zero attached hydrogens (tertiary/aromatic N) is 1. The summed E-state index contributed by atoms with van der Waals surface area (Å²) < 4.78 is 11.2. The molecule has 18 heavy (non-hydrogen) atoms. The summed E-state index contributed by atoms with van der Waals surface area (Å²) in [5, 5.41) is 12.3. The smallest absolute Gasteiger partial charge is 0.161 e. The monoisotopic (exact) mass is 246 g/mol. The van der Waals surface area contributed by atoms with Crippen molar-refractivity contribution in [1.82, 2.24) is 5.32 Å². The molecule has 0 amide bonds. The van der Waals surface area contributed by atoms with Gasteiger partial charge in [-0.25, -0.2) is 0 Å². The number of rotatable bonds is 4. The molecular formula is C14H18N2O2. The van der Waals surface area contributed by atoms with Crippen molar-refractivity contribution in [3.05, 3.63) is 24.3 Å². The Morgan fingerprint density at radius 2 is 2.11 bits per heavy atom. The third-order valence-corrected chi connectivity index (χ3v) is 3.52. The van der Waals surface area contributed by atoms with Gasteiger partial charge in [0.1, 0.15) is 11.6 Å². The highest BCUT2D eigenvalue weighted by Gasteiger charge is 2.39. The van der Waals surface area contributed by atoms with E-state index in [-0.39, 0.29) is 6.10 Å². The van der Waals surface area contributed by atoms with Crippen LogP contribution in [0.5, 0.6) is 11.5 Å². The van der Waals surface area contributed by atoms with E-state index in [1.165, 1.54) is 0 Å². The van der Waals surface area contributed by atoms with Gasteiger partial charge in [0.25, 0.3) is 0 Å². The first kappa shape index (κ1) is 12.7. The van der Waals surface area contributed by atoms with E-state index in [4.69, 9.17) is 9.47 Å². The molecule has 0 heterocycles. The average Bonchev–Trinajstić information content (AvgIpc) is 2.83. The Morgan fingerprint density at radius 1 is 1.39 bits per heavy atom. The first-order valence-electron chi connectivity index (χ1n) is 6.13. The molecule has 96 valence electrons. The molecule has 0 saturated heterocycles. The van der Waals surface area contributed by atoms with Crippen molar-refractivity contribution in [2.45, 2.75) is 30.9 Å². The van der Waals surface area contributed by atoms with Crippen molar-refractivity contribution < 1.29 is 9.47 Å². The third kappa shape index (κ3) is 2.41. The zero-order chi connectivity index (χ0) is 13.0. The molecule has 0 radical (unpaired) electrons. The normalized spacial score (nSPS) is 26.6. The Bertz CT molecular complexity index is 455. The molecule has 2 rings (SSSR count). The number of hydrogen-bond donors (Lipinski definition) is 1. The highest BCUT2D eigenvalue weighted by molar-refractivity contribution is 5.39. The summed E-state index contributed by atoms with van der Waals surface area (Å²) in [6.45, 7) is 0. The Labute approximate surface area is 108 Å². The van der Waals surface area contributed by atoms with Crippen LogP contribution < -0.4 is 14.8 Å². The molecule has 2 unspecified atom stereocenters. The Balaban J connectivity index is 2.06. The topological polar surface area (TPSA) is 54.3 Å². The van der Waals surface area contributed by atoms with Crippen LogP contribution in [0, 0.1) is 11.3 Å². The predicted molar refractivity (Wildman–Crippen MR) is 68.7 cm³/mol. The van der Waals surface area contributed by atoms with Gasteiger partial charge in [0.05, 0.1) is 13.2 Å². The SMILES string of the molecule is CNC1(C#N)CCC(Oc2ccccc2OC)C1. The van der Waals surface area contributed by atoms with E-state index in [2.05, 4.69) is 11.4 Å². The van der Waals surface area contributed by atoms with Crippen molar-refractivity contribution in [3.8, 4) is 17.6 Å². The molecule has 1 fully saturated rings. The first-order valence-corrected chi connectivity index (χ1v) is 6.13. The van der Waals surface area contributed by atoms with Gasteiger partial charge in [-0.3, -0.25) is 0 Å². The summed E-state index contributed by atoms with van der Waals surface area (Å²) in [6.07, 6.45) is 2.47. The Morgan fingerprint density at radius 3 is 2.67 bits per heavy atom. The van der Waals surface area contributed by atoms with E-state index in [0.29, 0.717) is 6.42 Å². The lowest BCUT2D eigenvalue weighted by molar-refractivity contribution is 0.193. The fourth-order valence-electron chi connectivity index (χ4n) is 2.38. The van der Waals surface area contributed by atoms with Crippen LogP contribution in [-0.4, -0.2) is 25.8 Å². The second-order valence-electron chi connectivity index (χ2n) is 4.58. The summed E-state index contributed by atoms with van der Waals surface area (Å²) >= 11 is 0. The van der Waals surface area contributed by atoms with Crippen LogP contribution in [0.3, 0.4) is 0 Å². The molecule has 0 aromatic heterocycles. The van der Waals surface area contributed by atoms with Crippen molar-refractivity contribution in [2.24, 2.45) is 0 Å². The second kappa shape index (κ2) is 5.28. The summed E-state index contributed by atoms with van der Waals surface area (Å²) in [5.41, 5.74) is -0.438. The number of para-hydroxylation sites is 2. The van der Waals surface area contributed by atoms with E-state index >= 15 is 0 Å². The van der Waals surface area contributed by atoms with Gasteiger partial charge in [0, 0.05) is 6.42 Å². The predicted octanol–water partition coefficient (Wildman–Crippen LogP) is 2.11. The minimum Gasteiger partial charge on any atom is -0.493 e. The van der Waals surface area contributed by atoms with Crippen LogP contribution in [0.25, 0.3) is 0 Å². The lowest BCUT2D eigenvalue weighted by Crippen LogP contribution is -2.39. The van der Waals surface area contributed by atoms with Gasteiger partial charge in [0.2, 0.25) is 0 Å². The molecule has 1 aromatic rings. The van der Waals surface area contributed by atoms with Crippen LogP contribution in [-0.2, 0) is 0 Å². The van der Waals surface area contributed by atoms with Gasteiger partial charge in [-0.2, -0.15) is 5.26 Å². The number of methoxy groups -OCH3 is 1. The molecule has 1 aromatic carbocycles. The average molecular weight is 246 g/mol. The minimum atomic E-state index is -0.438. The van der Waals surface area contributed by atoms with Crippen LogP contribution in [0.15, 0.2) is 24.3 Å². The quantitative estimate of drug-likeness (QED) is 0.884. The summed E-state index contributed by atoms with van der Waals surface area (Å²) in [4.78, 5) is 0. The largest absolute Gasteiger partial charge is 0.493 e. The minimum absolute atomic E-state index is 0.0633. The molecule has 1 aliphatic rings. The van der Waals surface area contributed by atoms with Crippen molar-refractivity contribution in [2.75, 3.05) is 14.2 Å². The highest BCUT2D eigenvalue weighted by Crippen LogP contribution is 2.35. The molecule has 0 bridgehead atoms. The van der Waals surface area contributed by atoms with E-state index in [1.54, 1.807) is 7.11 Å². The van der Waals surface area contributed by atoms with Crippen molar-refractivity contribution >= 4 is 0 Å². The fourth-order valence-corrected chi connectivity index (χ4v) is 2.38. The number of nitrogens with one attached hydrogen (secondary N) is 1. The van der Waals surface area contributed by atoms with Crippen molar-refractivity contribution in [3.63, 3.8) is 0 Å². The van der Waals surface area contributed by atoms with E-state index in [1.807, 2.05) is 31.3 Å². The molecule has 2 atom stereocenters. The van der Waals surface area contributed by atoms with Gasteiger partial charge < -0.3 is 14.8 Å². The van der Waals surface area contributed by atoms with Gasteiger partial charge >= 0.3 is 0 Å². The second-order valence-corrected chi connectivity index (χ2v) is 4.58. The number of ether oxygens (including phenoxy) is 2. The maximum absolute atomic E-state index is 9.21. The number of benzene rings is 1. The summed E-state index contributed by atoms with van der Waals surface area (Å²) in [6, 6.07) is 9.95. The van der Waals surface area contributed by atoms with E-state index in [0.717, 1.165) is 24.3 Å². The van der Waals surface area contributed by atoms with Gasteiger partial charge in [-0.15, -0.1) is 0 Å². The molecule has 1 aliphatic carbocycles. The van der Waals surface area contributed by atoms with E-state index in [9.17, 15) is 5.26 Å². The van der Waals surface area contributed by atoms with Crippen LogP contribution >= 0.6 is 0 Å². The maximum Gasteiger partial charge on any atom is 0.161 e. The lowest BCUT2D eigenvalue weighted by atomic mass is 10.0. The lowest BCUT2D eigenvalue weighted by Gasteiger charge is -2.20. The summed E-state index contributed by atoms with van der Waals surface area (Å²) in [5.74, 6) is 1.48. The maximum atomic E-state index is 9.21. The van der Waals surface area contributed by atoms with Crippen LogP contribution in [0.1, 0.15) is 19.3 Å². The van der Waals surface area contributed by atoms with Gasteiger partial charge in [-0.1, -0.05) is 12.1 Å². The van der Waals surface area contributed by atoms with Crippen LogP contribution in [0.2, 0.25) is 0 Å². The molecule has 4 heteroatoms. The van der Waals surface area contributed by atoms with Crippen LogP contribution in [0.4, 0.5) is 0 Å². The Hall–Kier alpha value is -1.73. The fraction of sp³-hybridized carbons (Fsp3) is 0.500. The number of nitriles is 1. The zero-order valence-electron chi connectivity index (χ0n) is 10.8. The van der Waals surface area contributed by atoms with Gasteiger partial charge in [-0.05, 0) is 32.0 Å². The summed E-state index contributed by atoms with van der Waals surface area (Å²) in [7, 11) is 3.46. The molecule has 4 nitrogen and oxygen atoms in total. The highest BCUT2D eigenvalue weighted by atomic mass is 16.5. The zero-order valence-corrected chi connectivity index (χ0v) is 10.8. The molecule has 1 N–H and O–H groups in total. The molecule has 1 saturated carbocycles. The first-order chi connectivity index (χ1) is 8.73. The Kier molecular flexibility index (Phi) is 3.73.